The van der Waals surface area contributed by atoms with Crippen molar-refractivity contribution < 1.29 is 14.7 Å². The first-order valence-corrected chi connectivity index (χ1v) is 7.74. The third kappa shape index (κ3) is 2.86. The van der Waals surface area contributed by atoms with Gasteiger partial charge in [-0.15, -0.1) is 0 Å². The number of carboxylic acids is 1. The van der Waals surface area contributed by atoms with E-state index in [2.05, 4.69) is 5.32 Å². The van der Waals surface area contributed by atoms with Crippen LogP contribution in [0.15, 0.2) is 18.2 Å². The number of carbonyl (C=O) groups excluding carboxylic acids is 1. The number of carbonyl (C=O) groups is 2. The number of benzene rings is 1. The summed E-state index contributed by atoms with van der Waals surface area (Å²) in [6.07, 6.45) is 3.97. The molecule has 1 aromatic rings. The van der Waals surface area contributed by atoms with Gasteiger partial charge < -0.3 is 16.2 Å². The van der Waals surface area contributed by atoms with Gasteiger partial charge in [-0.1, -0.05) is 6.07 Å². The van der Waals surface area contributed by atoms with Crippen LogP contribution in [0, 0.1) is 5.92 Å². The zero-order valence-electron chi connectivity index (χ0n) is 12.4. The monoisotopic (exact) mass is 303 g/mol. The molecule has 4 N–H and O–H groups in total. The fourth-order valence-electron chi connectivity index (χ4n) is 3.42. The largest absolute Gasteiger partial charge is 0.481 e. The van der Waals surface area contributed by atoms with Gasteiger partial charge in [-0.25, -0.2) is 4.79 Å². The first-order chi connectivity index (χ1) is 10.5. The molecule has 22 heavy (non-hydrogen) atoms. The van der Waals surface area contributed by atoms with Gasteiger partial charge in [-0.05, 0) is 49.8 Å². The van der Waals surface area contributed by atoms with Crippen LogP contribution < -0.4 is 16.0 Å². The molecule has 0 radical (unpaired) electrons. The second-order valence-electron chi connectivity index (χ2n) is 6.11. The lowest BCUT2D eigenvalue weighted by Gasteiger charge is -2.28. The number of hydrogen-bond acceptors (Lipinski definition) is 3. The van der Waals surface area contributed by atoms with E-state index in [1.807, 2.05) is 18.2 Å². The molecule has 1 saturated carbocycles. The highest BCUT2D eigenvalue weighted by molar-refractivity contribution is 5.93. The molecule has 6 heteroatoms. The van der Waals surface area contributed by atoms with E-state index in [0.717, 1.165) is 36.2 Å². The van der Waals surface area contributed by atoms with Gasteiger partial charge in [0, 0.05) is 18.3 Å². The maximum Gasteiger partial charge on any atom is 0.319 e. The number of aliphatic carboxylic acids is 1. The summed E-state index contributed by atoms with van der Waals surface area (Å²) in [5, 5.41) is 12.5. The maximum atomic E-state index is 11.4. The van der Waals surface area contributed by atoms with Gasteiger partial charge in [-0.2, -0.15) is 0 Å². The summed E-state index contributed by atoms with van der Waals surface area (Å²) in [4.78, 5) is 24.0. The quantitative estimate of drug-likeness (QED) is 0.797. The van der Waals surface area contributed by atoms with Crippen molar-refractivity contribution in [2.24, 2.45) is 11.7 Å². The van der Waals surface area contributed by atoms with Crippen LogP contribution in [-0.4, -0.2) is 29.7 Å². The Bertz CT molecular complexity index is 594. The molecule has 1 aliphatic heterocycles. The molecular weight excluding hydrogens is 282 g/mol. The number of urea groups is 1. The lowest BCUT2D eigenvalue weighted by atomic mass is 9.86. The number of nitrogens with two attached hydrogens (primary N) is 1. The molecule has 1 heterocycles. The van der Waals surface area contributed by atoms with Crippen molar-refractivity contribution in [2.45, 2.75) is 38.1 Å². The summed E-state index contributed by atoms with van der Waals surface area (Å²) < 4.78 is 0. The lowest BCUT2D eigenvalue weighted by Crippen LogP contribution is -2.34. The summed E-state index contributed by atoms with van der Waals surface area (Å²) in [6, 6.07) is 5.89. The molecule has 0 aromatic heterocycles. The second kappa shape index (κ2) is 5.87. The zero-order valence-corrected chi connectivity index (χ0v) is 12.4. The normalized spacial score (nSPS) is 23.9. The highest BCUT2D eigenvalue weighted by Gasteiger charge is 2.27. The van der Waals surface area contributed by atoms with E-state index in [-0.39, 0.29) is 12.0 Å². The topological polar surface area (TPSA) is 95.7 Å². The molecule has 0 saturated heterocycles. The van der Waals surface area contributed by atoms with E-state index in [1.54, 1.807) is 4.90 Å². The third-order valence-electron chi connectivity index (χ3n) is 4.69. The Balaban J connectivity index is 1.66. The van der Waals surface area contributed by atoms with Gasteiger partial charge in [0.1, 0.15) is 0 Å². The average molecular weight is 303 g/mol. The molecule has 2 aliphatic rings. The Labute approximate surface area is 129 Å². The molecule has 2 amide bonds. The van der Waals surface area contributed by atoms with Crippen LogP contribution in [0.5, 0.6) is 0 Å². The summed E-state index contributed by atoms with van der Waals surface area (Å²) >= 11 is 0. The predicted octanol–water partition coefficient (Wildman–Crippen LogP) is 2.18. The van der Waals surface area contributed by atoms with Gasteiger partial charge in [-0.3, -0.25) is 9.69 Å². The van der Waals surface area contributed by atoms with Crippen molar-refractivity contribution in [3.63, 3.8) is 0 Å². The van der Waals surface area contributed by atoms with E-state index in [1.165, 1.54) is 0 Å². The lowest BCUT2D eigenvalue weighted by molar-refractivity contribution is -0.142. The van der Waals surface area contributed by atoms with Gasteiger partial charge in [0.25, 0.3) is 0 Å². The van der Waals surface area contributed by atoms with Crippen molar-refractivity contribution in [1.82, 2.24) is 0 Å². The number of nitrogens with one attached hydrogen (secondary N) is 1. The fourth-order valence-corrected chi connectivity index (χ4v) is 3.42. The summed E-state index contributed by atoms with van der Waals surface area (Å²) in [7, 11) is 0. The van der Waals surface area contributed by atoms with Gasteiger partial charge >= 0.3 is 12.0 Å². The molecule has 0 atom stereocenters. The first kappa shape index (κ1) is 14.7. The van der Waals surface area contributed by atoms with Crippen molar-refractivity contribution in [3.05, 3.63) is 23.8 Å². The number of anilines is 2. The van der Waals surface area contributed by atoms with Crippen molar-refractivity contribution in [2.75, 3.05) is 16.8 Å². The first-order valence-electron chi connectivity index (χ1n) is 7.74. The summed E-state index contributed by atoms with van der Waals surface area (Å²) in [5.74, 6) is -0.892. The number of fused-ring (bicyclic) bond motifs is 1. The minimum atomic E-state index is -0.687. The molecule has 0 unspecified atom stereocenters. The highest BCUT2D eigenvalue weighted by atomic mass is 16.4. The number of rotatable bonds is 3. The van der Waals surface area contributed by atoms with Crippen molar-refractivity contribution in [3.8, 4) is 0 Å². The average Bonchev–Trinajstić information content (AvgIpc) is 2.91. The third-order valence-corrected chi connectivity index (χ3v) is 4.69. The number of nitrogens with zero attached hydrogens (tertiary/aromatic N) is 1. The van der Waals surface area contributed by atoms with Crippen molar-refractivity contribution >= 4 is 23.4 Å². The Kier molecular flexibility index (Phi) is 3.92. The van der Waals surface area contributed by atoms with Crippen LogP contribution in [0.3, 0.4) is 0 Å². The molecule has 0 bridgehead atoms. The summed E-state index contributed by atoms with van der Waals surface area (Å²) in [6.45, 7) is 0.637. The SMILES string of the molecule is NC(=O)N1CCc2ccc(NC3CCC(C(=O)O)CC3)cc21. The van der Waals surface area contributed by atoms with Crippen LogP contribution in [-0.2, 0) is 11.2 Å². The van der Waals surface area contributed by atoms with Crippen LogP contribution >= 0.6 is 0 Å². The Morgan fingerprint density at radius 2 is 1.95 bits per heavy atom. The Morgan fingerprint density at radius 3 is 2.59 bits per heavy atom. The van der Waals surface area contributed by atoms with E-state index in [4.69, 9.17) is 10.8 Å². The maximum absolute atomic E-state index is 11.4. The van der Waals surface area contributed by atoms with Gasteiger partial charge in [0.15, 0.2) is 0 Å². The second-order valence-corrected chi connectivity index (χ2v) is 6.11. The molecule has 0 spiro atoms. The van der Waals surface area contributed by atoms with Crippen molar-refractivity contribution in [1.29, 1.82) is 0 Å². The van der Waals surface area contributed by atoms with Crippen LogP contribution in [0.25, 0.3) is 0 Å². The molecular formula is C16H21N3O3. The van der Waals surface area contributed by atoms with E-state index in [9.17, 15) is 9.59 Å². The minimum Gasteiger partial charge on any atom is -0.481 e. The Morgan fingerprint density at radius 1 is 1.23 bits per heavy atom. The summed E-state index contributed by atoms with van der Waals surface area (Å²) in [5.41, 5.74) is 8.39. The van der Waals surface area contributed by atoms with E-state index >= 15 is 0 Å². The van der Waals surface area contributed by atoms with Gasteiger partial charge in [0.2, 0.25) is 0 Å². The Hall–Kier alpha value is -2.24. The minimum absolute atomic E-state index is 0.205. The molecule has 1 aromatic carbocycles. The zero-order chi connectivity index (χ0) is 15.7. The molecule has 3 rings (SSSR count). The number of hydrogen-bond donors (Lipinski definition) is 3. The standard InChI is InChI=1S/C16H21N3O3/c17-16(22)19-8-7-10-1-6-13(9-14(10)19)18-12-4-2-11(3-5-12)15(20)21/h1,6,9,11-12,18H,2-5,7-8H2,(H2,17,22)(H,20,21). The number of carboxylic acid groups (broad SMARTS) is 1. The van der Waals surface area contributed by atoms with Crippen LogP contribution in [0.2, 0.25) is 0 Å². The molecule has 6 nitrogen and oxygen atoms in total. The fraction of sp³-hybridized carbons (Fsp3) is 0.500. The smallest absolute Gasteiger partial charge is 0.319 e. The van der Waals surface area contributed by atoms with Crippen LogP contribution in [0.4, 0.5) is 16.2 Å². The number of amides is 2. The van der Waals surface area contributed by atoms with Gasteiger partial charge in [0.05, 0.1) is 11.6 Å². The van der Waals surface area contributed by atoms with E-state index in [0.29, 0.717) is 19.4 Å². The number of primary amides is 1. The van der Waals surface area contributed by atoms with Crippen LogP contribution in [0.1, 0.15) is 31.2 Å². The molecule has 118 valence electrons. The van der Waals surface area contributed by atoms with E-state index < -0.39 is 12.0 Å². The molecule has 1 fully saturated rings. The predicted molar refractivity (Wildman–Crippen MR) is 84.1 cm³/mol. The molecule has 1 aliphatic carbocycles. The highest BCUT2D eigenvalue weighted by Crippen LogP contribution is 2.32.